The molecule has 2 heterocycles. The van der Waals surface area contributed by atoms with Crippen molar-refractivity contribution in [2.24, 2.45) is 5.92 Å². The van der Waals surface area contributed by atoms with E-state index in [0.29, 0.717) is 11.8 Å². The second-order valence-corrected chi connectivity index (χ2v) is 5.49. The number of hydrogen-bond acceptors (Lipinski definition) is 2. The topological polar surface area (TPSA) is 24.9 Å². The Hall–Kier alpha value is -2.16. The summed E-state index contributed by atoms with van der Waals surface area (Å²) in [5.74, 6) is 0.574. The van der Waals surface area contributed by atoms with Gasteiger partial charge in [0.05, 0.1) is 6.04 Å². The van der Waals surface area contributed by atoms with Crippen LogP contribution in [0.2, 0.25) is 0 Å². The van der Waals surface area contributed by atoms with Crippen molar-refractivity contribution < 1.29 is 4.39 Å². The maximum absolute atomic E-state index is 13.5. The Morgan fingerprint density at radius 1 is 1.25 bits per heavy atom. The van der Waals surface area contributed by atoms with Gasteiger partial charge in [-0.3, -0.25) is 4.98 Å². The van der Waals surface area contributed by atoms with E-state index in [0.717, 1.165) is 17.7 Å². The molecule has 0 fully saturated rings. The minimum atomic E-state index is -0.163. The van der Waals surface area contributed by atoms with Gasteiger partial charge in [0.1, 0.15) is 5.82 Å². The third-order valence-electron chi connectivity index (χ3n) is 4.37. The molecular formula is C17H15FN2. The lowest BCUT2D eigenvalue weighted by molar-refractivity contribution is 0.423. The first-order chi connectivity index (χ1) is 9.83. The van der Waals surface area contributed by atoms with Gasteiger partial charge in [-0.2, -0.15) is 0 Å². The number of benzene rings is 1. The molecule has 20 heavy (non-hydrogen) atoms. The second kappa shape index (κ2) is 4.44. The van der Waals surface area contributed by atoms with Gasteiger partial charge >= 0.3 is 0 Å². The second-order valence-electron chi connectivity index (χ2n) is 5.49. The van der Waals surface area contributed by atoms with Crippen LogP contribution >= 0.6 is 0 Å². The quantitative estimate of drug-likeness (QED) is 0.788. The van der Waals surface area contributed by atoms with Crippen LogP contribution in [0.15, 0.2) is 54.9 Å². The van der Waals surface area contributed by atoms with Crippen LogP contribution in [0, 0.1) is 11.7 Å². The van der Waals surface area contributed by atoms with Crippen LogP contribution in [0.1, 0.15) is 29.5 Å². The van der Waals surface area contributed by atoms with Crippen molar-refractivity contribution in [1.82, 2.24) is 4.98 Å². The number of anilines is 1. The lowest BCUT2D eigenvalue weighted by Gasteiger charge is -2.37. The Kier molecular flexibility index (Phi) is 2.59. The lowest BCUT2D eigenvalue weighted by atomic mass is 9.77. The fourth-order valence-electron chi connectivity index (χ4n) is 3.46. The summed E-state index contributed by atoms with van der Waals surface area (Å²) < 4.78 is 13.5. The molecule has 2 unspecified atom stereocenters. The molecular weight excluding hydrogens is 251 g/mol. The molecule has 2 aliphatic rings. The summed E-state index contributed by atoms with van der Waals surface area (Å²) in [7, 11) is 0. The van der Waals surface area contributed by atoms with E-state index in [1.807, 2.05) is 18.3 Å². The van der Waals surface area contributed by atoms with Gasteiger partial charge in [0.2, 0.25) is 0 Å². The number of halogens is 1. The molecule has 0 amide bonds. The van der Waals surface area contributed by atoms with E-state index >= 15 is 0 Å². The molecule has 3 atom stereocenters. The zero-order valence-electron chi connectivity index (χ0n) is 11.0. The number of nitrogens with zero attached hydrogens (tertiary/aromatic N) is 1. The number of nitrogens with one attached hydrogen (secondary N) is 1. The summed E-state index contributed by atoms with van der Waals surface area (Å²) in [6, 6.07) is 9.33. The van der Waals surface area contributed by atoms with E-state index < -0.39 is 0 Å². The molecule has 0 spiro atoms. The standard InChI is InChI=1S/C17H15FN2/c18-12-6-7-16-15(9-12)13-4-1-5-14(13)17(20-16)11-3-2-8-19-10-11/h1-4,6-10,13-14,17,20H,5H2/t13?,14?,17-/m1/s1. The van der Waals surface area contributed by atoms with Crippen LogP contribution in [0.5, 0.6) is 0 Å². The summed E-state index contributed by atoms with van der Waals surface area (Å²) in [6.07, 6.45) is 9.16. The first kappa shape index (κ1) is 11.6. The molecule has 1 aliphatic carbocycles. The molecule has 1 aromatic heterocycles. The van der Waals surface area contributed by atoms with E-state index in [1.165, 1.54) is 11.6 Å². The molecule has 100 valence electrons. The fraction of sp³-hybridized carbons (Fsp3) is 0.235. The molecule has 2 nitrogen and oxygen atoms in total. The van der Waals surface area contributed by atoms with E-state index in [-0.39, 0.29) is 11.9 Å². The van der Waals surface area contributed by atoms with E-state index in [9.17, 15) is 4.39 Å². The maximum Gasteiger partial charge on any atom is 0.123 e. The first-order valence-electron chi connectivity index (χ1n) is 6.95. The van der Waals surface area contributed by atoms with Crippen molar-refractivity contribution in [2.75, 3.05) is 5.32 Å². The van der Waals surface area contributed by atoms with E-state index in [1.54, 1.807) is 12.3 Å². The lowest BCUT2D eigenvalue weighted by Crippen LogP contribution is -2.29. The van der Waals surface area contributed by atoms with Gasteiger partial charge in [-0.1, -0.05) is 18.2 Å². The monoisotopic (exact) mass is 266 g/mol. The number of fused-ring (bicyclic) bond motifs is 3. The molecule has 1 aliphatic heterocycles. The fourth-order valence-corrected chi connectivity index (χ4v) is 3.46. The SMILES string of the molecule is Fc1ccc2c(c1)C1C=CCC1[C@@H](c1cccnc1)N2. The average Bonchev–Trinajstić information content (AvgIpc) is 2.97. The zero-order chi connectivity index (χ0) is 13.5. The zero-order valence-corrected chi connectivity index (χ0v) is 11.0. The molecule has 0 saturated heterocycles. The largest absolute Gasteiger partial charge is 0.378 e. The molecule has 2 aromatic rings. The van der Waals surface area contributed by atoms with Gasteiger partial charge in [0.25, 0.3) is 0 Å². The van der Waals surface area contributed by atoms with Gasteiger partial charge in [-0.15, -0.1) is 0 Å². The highest BCUT2D eigenvalue weighted by atomic mass is 19.1. The van der Waals surface area contributed by atoms with Crippen LogP contribution in [-0.2, 0) is 0 Å². The Morgan fingerprint density at radius 2 is 2.20 bits per heavy atom. The van der Waals surface area contributed by atoms with Crippen LogP contribution < -0.4 is 5.32 Å². The van der Waals surface area contributed by atoms with Crippen molar-refractivity contribution in [3.8, 4) is 0 Å². The summed E-state index contributed by atoms with van der Waals surface area (Å²) in [5, 5.41) is 3.57. The smallest absolute Gasteiger partial charge is 0.123 e. The number of aromatic nitrogens is 1. The Balaban J connectivity index is 1.80. The highest BCUT2D eigenvalue weighted by Gasteiger charge is 2.37. The first-order valence-corrected chi connectivity index (χ1v) is 6.95. The van der Waals surface area contributed by atoms with Crippen molar-refractivity contribution in [3.63, 3.8) is 0 Å². The van der Waals surface area contributed by atoms with Gasteiger partial charge in [0, 0.05) is 24.0 Å². The molecule has 0 radical (unpaired) electrons. The van der Waals surface area contributed by atoms with Crippen LogP contribution in [0.3, 0.4) is 0 Å². The van der Waals surface area contributed by atoms with Crippen molar-refractivity contribution >= 4 is 5.69 Å². The predicted molar refractivity (Wildman–Crippen MR) is 77.0 cm³/mol. The third-order valence-corrected chi connectivity index (χ3v) is 4.37. The van der Waals surface area contributed by atoms with Gasteiger partial charge < -0.3 is 5.32 Å². The van der Waals surface area contributed by atoms with Crippen molar-refractivity contribution in [1.29, 1.82) is 0 Å². The van der Waals surface area contributed by atoms with E-state index in [2.05, 4.69) is 28.5 Å². The minimum absolute atomic E-state index is 0.163. The predicted octanol–water partition coefficient (Wildman–Crippen LogP) is 4.05. The van der Waals surface area contributed by atoms with Gasteiger partial charge in [-0.05, 0) is 47.7 Å². The molecule has 0 saturated carbocycles. The summed E-state index contributed by atoms with van der Waals surface area (Å²) in [4.78, 5) is 4.22. The van der Waals surface area contributed by atoms with Crippen molar-refractivity contribution in [3.05, 3.63) is 71.8 Å². The van der Waals surface area contributed by atoms with Gasteiger partial charge in [-0.25, -0.2) is 4.39 Å². The normalized spacial score (nSPS) is 26.8. The highest BCUT2D eigenvalue weighted by molar-refractivity contribution is 5.59. The van der Waals surface area contributed by atoms with Gasteiger partial charge in [0.15, 0.2) is 0 Å². The number of rotatable bonds is 1. The Morgan fingerprint density at radius 3 is 3.05 bits per heavy atom. The number of allylic oxidation sites excluding steroid dienone is 2. The molecule has 1 aromatic carbocycles. The Bertz CT molecular complexity index is 666. The molecule has 0 bridgehead atoms. The molecule has 4 rings (SSSR count). The van der Waals surface area contributed by atoms with Crippen LogP contribution in [0.25, 0.3) is 0 Å². The highest BCUT2D eigenvalue weighted by Crippen LogP contribution is 2.49. The Labute approximate surface area is 117 Å². The third kappa shape index (κ3) is 1.73. The van der Waals surface area contributed by atoms with Crippen molar-refractivity contribution in [2.45, 2.75) is 18.4 Å². The maximum atomic E-state index is 13.5. The molecule has 3 heteroatoms. The van der Waals surface area contributed by atoms with Crippen LogP contribution in [0.4, 0.5) is 10.1 Å². The molecule has 1 N–H and O–H groups in total. The van der Waals surface area contributed by atoms with Crippen LogP contribution in [-0.4, -0.2) is 4.98 Å². The summed E-state index contributed by atoms with van der Waals surface area (Å²) in [6.45, 7) is 0. The number of hydrogen-bond donors (Lipinski definition) is 1. The van der Waals surface area contributed by atoms with E-state index in [4.69, 9.17) is 0 Å². The average molecular weight is 266 g/mol. The summed E-state index contributed by atoms with van der Waals surface area (Å²) in [5.41, 5.74) is 3.30. The summed E-state index contributed by atoms with van der Waals surface area (Å²) >= 11 is 0. The number of pyridine rings is 1. The minimum Gasteiger partial charge on any atom is -0.378 e.